The summed E-state index contributed by atoms with van der Waals surface area (Å²) in [4.78, 5) is 60.0. The van der Waals surface area contributed by atoms with Crippen LogP contribution in [0.25, 0.3) is 0 Å². The number of aliphatic hydroxyl groups excluding tert-OH is 6. The van der Waals surface area contributed by atoms with Gasteiger partial charge in [0.15, 0.2) is 12.6 Å². The molecule has 2 rings (SSSR count). The number of carbonyl (C=O) groups is 2. The smallest absolute Gasteiger partial charge is 0.387 e. The first-order valence-corrected chi connectivity index (χ1v) is 25.3. The lowest BCUT2D eigenvalue weighted by Crippen LogP contribution is -2.59. The van der Waals surface area contributed by atoms with Crippen molar-refractivity contribution in [1.82, 2.24) is 10.6 Å². The van der Waals surface area contributed by atoms with Crippen molar-refractivity contribution in [2.45, 2.75) is 94.5 Å². The highest BCUT2D eigenvalue weighted by Gasteiger charge is 2.46. The van der Waals surface area contributed by atoms with Gasteiger partial charge in [0.25, 0.3) is 0 Å². The fourth-order valence-corrected chi connectivity index (χ4v) is 6.75. The van der Waals surface area contributed by atoms with Crippen LogP contribution in [0.2, 0.25) is 0 Å². The zero-order valence-corrected chi connectivity index (χ0v) is 40.6. The Hall–Kier alpha value is -1.52. The maximum atomic E-state index is 12.3. The van der Waals surface area contributed by atoms with Crippen LogP contribution in [0.5, 0.6) is 0 Å². The van der Waals surface area contributed by atoms with Crippen LogP contribution in [0, 0.1) is 5.41 Å². The molecule has 29 nitrogen and oxygen atoms in total. The Bertz CT molecular complexity index is 1380. The van der Waals surface area contributed by atoms with E-state index < -0.39 is 95.7 Å². The van der Waals surface area contributed by atoms with Gasteiger partial charge in [0.2, 0.25) is 11.8 Å². The second-order valence-electron chi connectivity index (χ2n) is 16.0. The molecule has 0 aromatic rings. The molecule has 2 amide bonds. The molecule has 0 spiro atoms. The van der Waals surface area contributed by atoms with E-state index in [0.717, 1.165) is 6.42 Å². The molecule has 2 heterocycles. The lowest BCUT2D eigenvalue weighted by atomic mass is 9.94. The third kappa shape index (κ3) is 28.5. The molecule has 2 aliphatic rings. The van der Waals surface area contributed by atoms with Crippen LogP contribution in [-0.2, 0) is 79.9 Å². The van der Waals surface area contributed by atoms with Crippen LogP contribution in [-0.4, -0.2) is 255 Å². The van der Waals surface area contributed by atoms with Gasteiger partial charge in [-0.05, 0) is 6.42 Å². The molecule has 0 aromatic carbocycles. The molecule has 10 atom stereocenters. The standard InChI is InChI=1S/C38H74N2O27P2/c1-3-8-59-23-38(2,24-60-9-4-28(41)39-6-11-55-13-15-57-17-19-62-36-34(47)32(45)30(43)26(66-36)21-64-68(49,50)51)25-61-10-5-29(42)40-7-12-56-14-16-58-18-20-63-37-35(48)33(46)31(44)27(67-37)22-65-69(52,53)54/h26-27,30-37,43-48H,3-25H2,1-2H3,(H,39,41)(H,40,42)(H2,49,50,51)(H2,52,53,54). The van der Waals surface area contributed by atoms with Crippen LogP contribution < -0.4 is 10.6 Å². The average Bonchev–Trinajstić information content (AvgIpc) is 3.29. The molecule has 12 N–H and O–H groups in total. The lowest BCUT2D eigenvalue weighted by Gasteiger charge is -2.40. The summed E-state index contributed by atoms with van der Waals surface area (Å²) in [5, 5.41) is 65.6. The number of nitrogens with one attached hydrogen (secondary N) is 2. The van der Waals surface area contributed by atoms with Crippen molar-refractivity contribution in [1.29, 1.82) is 0 Å². The summed E-state index contributed by atoms with van der Waals surface area (Å²) in [5.74, 6) is -0.488. The summed E-state index contributed by atoms with van der Waals surface area (Å²) in [6.07, 6.45) is -14.6. The zero-order chi connectivity index (χ0) is 51.3. The maximum Gasteiger partial charge on any atom is 0.469 e. The normalized spacial score (nSPS) is 26.4. The van der Waals surface area contributed by atoms with E-state index in [9.17, 15) is 49.4 Å². The number of ether oxygens (including phenoxy) is 11. The van der Waals surface area contributed by atoms with E-state index in [0.29, 0.717) is 13.2 Å². The Morgan fingerprint density at radius 2 is 0.841 bits per heavy atom. The van der Waals surface area contributed by atoms with Gasteiger partial charge in [0.1, 0.15) is 48.8 Å². The van der Waals surface area contributed by atoms with Gasteiger partial charge in [-0.15, -0.1) is 0 Å². The minimum Gasteiger partial charge on any atom is -0.387 e. The minimum absolute atomic E-state index is 0.0363. The molecule has 2 fully saturated rings. The van der Waals surface area contributed by atoms with Crippen molar-refractivity contribution in [2.75, 3.05) is 132 Å². The molecule has 0 radical (unpaired) electrons. The van der Waals surface area contributed by atoms with Gasteiger partial charge in [-0.3, -0.25) is 18.6 Å². The first-order valence-electron chi connectivity index (χ1n) is 22.3. The van der Waals surface area contributed by atoms with Crippen molar-refractivity contribution >= 4 is 27.5 Å². The van der Waals surface area contributed by atoms with E-state index in [-0.39, 0.29) is 130 Å². The number of phosphoric acid groups is 2. The van der Waals surface area contributed by atoms with Crippen LogP contribution >= 0.6 is 15.6 Å². The third-order valence-electron chi connectivity index (χ3n) is 9.70. The Morgan fingerprint density at radius 3 is 1.20 bits per heavy atom. The molecule has 0 aliphatic carbocycles. The molecule has 10 unspecified atom stereocenters. The van der Waals surface area contributed by atoms with E-state index in [1.54, 1.807) is 0 Å². The number of phosphoric ester groups is 2. The van der Waals surface area contributed by atoms with Crippen LogP contribution in [0.4, 0.5) is 0 Å². The van der Waals surface area contributed by atoms with Gasteiger partial charge in [-0.25, -0.2) is 9.13 Å². The first kappa shape index (κ1) is 63.6. The van der Waals surface area contributed by atoms with E-state index in [2.05, 4.69) is 19.7 Å². The predicted molar refractivity (Wildman–Crippen MR) is 231 cm³/mol. The van der Waals surface area contributed by atoms with Crippen LogP contribution in [0.15, 0.2) is 0 Å². The monoisotopic (exact) mass is 1050 g/mol. The second kappa shape index (κ2) is 34.8. The summed E-state index contributed by atoms with van der Waals surface area (Å²) in [5.41, 5.74) is -0.552. The molecule has 0 aromatic heterocycles. The molecule has 408 valence electrons. The molecular weight excluding hydrogens is 978 g/mol. The van der Waals surface area contributed by atoms with Gasteiger partial charge >= 0.3 is 15.6 Å². The van der Waals surface area contributed by atoms with Gasteiger partial charge in [0, 0.05) is 38.0 Å². The number of amides is 2. The van der Waals surface area contributed by atoms with Gasteiger partial charge in [-0.1, -0.05) is 13.8 Å². The number of hydrogen-bond acceptors (Lipinski definition) is 23. The molecule has 0 saturated carbocycles. The summed E-state index contributed by atoms with van der Waals surface area (Å²) in [6.45, 7) is 5.52. The summed E-state index contributed by atoms with van der Waals surface area (Å²) in [7, 11) is -9.73. The van der Waals surface area contributed by atoms with E-state index in [1.165, 1.54) is 0 Å². The van der Waals surface area contributed by atoms with Gasteiger partial charge in [0.05, 0.1) is 112 Å². The van der Waals surface area contributed by atoms with E-state index >= 15 is 0 Å². The van der Waals surface area contributed by atoms with Gasteiger partial charge in [-0.2, -0.15) is 0 Å². The molecule has 31 heteroatoms. The third-order valence-corrected chi connectivity index (χ3v) is 10.7. The molecule has 0 bridgehead atoms. The molecule has 2 saturated heterocycles. The maximum absolute atomic E-state index is 12.3. The average molecular weight is 1050 g/mol. The highest BCUT2D eigenvalue weighted by atomic mass is 31.2. The van der Waals surface area contributed by atoms with Crippen LogP contribution in [0.3, 0.4) is 0 Å². The van der Waals surface area contributed by atoms with Gasteiger partial charge < -0.3 is 113 Å². The summed E-state index contributed by atoms with van der Waals surface area (Å²) in [6, 6.07) is 0. The Balaban J connectivity index is 1.48. The van der Waals surface area contributed by atoms with E-state index in [1.807, 2.05) is 13.8 Å². The quantitative estimate of drug-likeness (QED) is 0.0203. The number of rotatable bonds is 40. The van der Waals surface area contributed by atoms with Crippen molar-refractivity contribution in [3.8, 4) is 0 Å². The fourth-order valence-electron chi connectivity index (χ4n) is 6.07. The Labute approximate surface area is 399 Å². The summed E-state index contributed by atoms with van der Waals surface area (Å²) < 4.78 is 90.7. The second-order valence-corrected chi connectivity index (χ2v) is 18.4. The summed E-state index contributed by atoms with van der Waals surface area (Å²) >= 11 is 0. The van der Waals surface area contributed by atoms with Crippen molar-refractivity contribution in [2.24, 2.45) is 5.41 Å². The van der Waals surface area contributed by atoms with E-state index in [4.69, 9.17) is 71.7 Å². The molecule has 69 heavy (non-hydrogen) atoms. The van der Waals surface area contributed by atoms with Crippen molar-refractivity contribution in [3.63, 3.8) is 0 Å². The first-order chi connectivity index (χ1) is 32.7. The topological polar surface area (TPSA) is 415 Å². The minimum atomic E-state index is -4.87. The molecule has 2 aliphatic heterocycles. The number of aliphatic hydroxyl groups is 6. The molecular formula is C38H74N2O27P2. The number of hydrogen-bond donors (Lipinski definition) is 12. The lowest BCUT2D eigenvalue weighted by molar-refractivity contribution is -0.301. The highest BCUT2D eigenvalue weighted by Crippen LogP contribution is 2.38. The fraction of sp³-hybridized carbons (Fsp3) is 0.947. The van der Waals surface area contributed by atoms with Crippen molar-refractivity contribution < 1.29 is 130 Å². The number of carbonyl (C=O) groups excluding carboxylic acids is 2. The largest absolute Gasteiger partial charge is 0.469 e. The van der Waals surface area contributed by atoms with Crippen LogP contribution in [0.1, 0.15) is 33.1 Å². The zero-order valence-electron chi connectivity index (χ0n) is 38.8. The highest BCUT2D eigenvalue weighted by molar-refractivity contribution is 7.46. The predicted octanol–water partition coefficient (Wildman–Crippen LogP) is -4.60. The Kier molecular flexibility index (Phi) is 32.1. The Morgan fingerprint density at radius 1 is 0.493 bits per heavy atom. The SMILES string of the molecule is CCCOCC(C)(COCCC(=O)NCCOCCOCCOC1OC(COP(=O)(O)O)C(O)C(O)C1O)COCCC(=O)NCCOCCOCCOC1OC(COP(=O)(O)O)C(O)C(O)C1O. The van der Waals surface area contributed by atoms with Crippen molar-refractivity contribution in [3.05, 3.63) is 0 Å².